The summed E-state index contributed by atoms with van der Waals surface area (Å²) in [6.07, 6.45) is 5.93. The Morgan fingerprint density at radius 2 is 2.23 bits per heavy atom. The molecule has 0 bridgehead atoms. The quantitative estimate of drug-likeness (QED) is 0.716. The third-order valence-electron chi connectivity index (χ3n) is 2.02. The molecule has 2 heteroatoms. The van der Waals surface area contributed by atoms with Crippen molar-refractivity contribution in [2.24, 2.45) is 5.73 Å². The number of hydrogen-bond donors (Lipinski definition) is 2. The van der Waals surface area contributed by atoms with E-state index in [1.165, 1.54) is 16.5 Å². The molecule has 0 spiro atoms. The monoisotopic (exact) mass is 172 g/mol. The van der Waals surface area contributed by atoms with Crippen LogP contribution in [0.4, 0.5) is 0 Å². The Labute approximate surface area is 77.1 Å². The zero-order chi connectivity index (χ0) is 9.10. The molecule has 0 saturated carbocycles. The molecule has 0 amide bonds. The van der Waals surface area contributed by atoms with E-state index in [1.807, 2.05) is 18.3 Å². The van der Waals surface area contributed by atoms with Crippen molar-refractivity contribution >= 4 is 17.0 Å². The molecule has 0 unspecified atom stereocenters. The average Bonchev–Trinajstić information content (AvgIpc) is 2.61. The first kappa shape index (κ1) is 8.08. The van der Waals surface area contributed by atoms with Crippen molar-refractivity contribution in [1.82, 2.24) is 4.98 Å². The Hall–Kier alpha value is -1.54. The van der Waals surface area contributed by atoms with Crippen LogP contribution >= 0.6 is 0 Å². The van der Waals surface area contributed by atoms with Gasteiger partial charge in [-0.1, -0.05) is 18.2 Å². The topological polar surface area (TPSA) is 41.8 Å². The van der Waals surface area contributed by atoms with Crippen LogP contribution in [0.2, 0.25) is 0 Å². The number of fused-ring (bicyclic) bond motifs is 1. The molecule has 0 fully saturated rings. The van der Waals surface area contributed by atoms with Crippen LogP contribution < -0.4 is 5.73 Å². The van der Waals surface area contributed by atoms with Crippen molar-refractivity contribution in [2.75, 3.05) is 6.54 Å². The first-order chi connectivity index (χ1) is 6.40. The maximum absolute atomic E-state index is 5.38. The number of rotatable bonds is 2. The molecule has 0 saturated heterocycles. The molecule has 13 heavy (non-hydrogen) atoms. The van der Waals surface area contributed by atoms with E-state index >= 15 is 0 Å². The molecule has 2 aromatic rings. The van der Waals surface area contributed by atoms with Crippen LogP contribution in [0.5, 0.6) is 0 Å². The number of nitrogens with one attached hydrogen (secondary N) is 1. The Morgan fingerprint density at radius 1 is 1.31 bits per heavy atom. The van der Waals surface area contributed by atoms with E-state index in [0.717, 1.165) is 0 Å². The number of H-pyrrole nitrogens is 1. The number of aromatic nitrogens is 1. The van der Waals surface area contributed by atoms with Crippen LogP contribution in [-0.2, 0) is 0 Å². The van der Waals surface area contributed by atoms with Gasteiger partial charge in [-0.15, -0.1) is 0 Å². The average molecular weight is 172 g/mol. The van der Waals surface area contributed by atoms with Crippen LogP contribution in [0.25, 0.3) is 17.0 Å². The highest BCUT2D eigenvalue weighted by atomic mass is 14.7. The van der Waals surface area contributed by atoms with Crippen LogP contribution in [0.3, 0.4) is 0 Å². The van der Waals surface area contributed by atoms with Crippen molar-refractivity contribution in [3.8, 4) is 0 Å². The second kappa shape index (κ2) is 3.46. The number of nitrogens with two attached hydrogens (primary N) is 1. The van der Waals surface area contributed by atoms with Gasteiger partial charge in [0.05, 0.1) is 0 Å². The maximum Gasteiger partial charge on any atom is 0.0454 e. The first-order valence-electron chi connectivity index (χ1n) is 4.34. The number of benzene rings is 1. The molecule has 1 heterocycles. The Bertz CT molecular complexity index is 426. The summed E-state index contributed by atoms with van der Waals surface area (Å²) in [6.45, 7) is 0.588. The molecule has 0 radical (unpaired) electrons. The first-order valence-corrected chi connectivity index (χ1v) is 4.34. The standard InChI is InChI=1S/C11H12N2/c12-6-1-2-9-3-4-11-10(8-9)5-7-13-11/h1-5,7-8,13H,6,12H2/b2-1+. The van der Waals surface area contributed by atoms with E-state index in [-0.39, 0.29) is 0 Å². The lowest BCUT2D eigenvalue weighted by atomic mass is 10.1. The van der Waals surface area contributed by atoms with Crippen molar-refractivity contribution in [2.45, 2.75) is 0 Å². The fraction of sp³-hybridized carbons (Fsp3) is 0.0909. The molecule has 3 N–H and O–H groups in total. The molecular formula is C11H12N2. The van der Waals surface area contributed by atoms with Gasteiger partial charge in [-0.05, 0) is 29.1 Å². The number of aromatic amines is 1. The van der Waals surface area contributed by atoms with Crippen LogP contribution in [-0.4, -0.2) is 11.5 Å². The van der Waals surface area contributed by atoms with E-state index in [2.05, 4.69) is 29.2 Å². The van der Waals surface area contributed by atoms with Crippen molar-refractivity contribution < 1.29 is 0 Å². The zero-order valence-corrected chi connectivity index (χ0v) is 7.33. The summed E-state index contributed by atoms with van der Waals surface area (Å²) >= 11 is 0. The van der Waals surface area contributed by atoms with E-state index < -0.39 is 0 Å². The lowest BCUT2D eigenvalue weighted by Gasteiger charge is -1.93. The van der Waals surface area contributed by atoms with Crippen molar-refractivity contribution in [3.63, 3.8) is 0 Å². The molecule has 0 atom stereocenters. The van der Waals surface area contributed by atoms with E-state index in [0.29, 0.717) is 6.54 Å². The normalized spacial score (nSPS) is 11.5. The van der Waals surface area contributed by atoms with Crippen molar-refractivity contribution in [3.05, 3.63) is 42.1 Å². The maximum atomic E-state index is 5.38. The third-order valence-corrected chi connectivity index (χ3v) is 2.02. The highest BCUT2D eigenvalue weighted by Gasteiger charge is 1.93. The minimum atomic E-state index is 0.588. The van der Waals surface area contributed by atoms with Gasteiger partial charge in [0.1, 0.15) is 0 Å². The van der Waals surface area contributed by atoms with Crippen LogP contribution in [0.1, 0.15) is 5.56 Å². The summed E-state index contributed by atoms with van der Waals surface area (Å²) in [5.74, 6) is 0. The lowest BCUT2D eigenvalue weighted by molar-refractivity contribution is 1.26. The predicted molar refractivity (Wildman–Crippen MR) is 56.4 cm³/mol. The summed E-state index contributed by atoms with van der Waals surface area (Å²) in [4.78, 5) is 3.15. The zero-order valence-electron chi connectivity index (χ0n) is 7.33. The third kappa shape index (κ3) is 1.63. The summed E-state index contributed by atoms with van der Waals surface area (Å²) in [5.41, 5.74) is 7.74. The van der Waals surface area contributed by atoms with Gasteiger partial charge in [0.2, 0.25) is 0 Å². The molecule has 1 aromatic heterocycles. The molecule has 1 aromatic carbocycles. The predicted octanol–water partition coefficient (Wildman–Crippen LogP) is 2.14. The molecule has 0 aliphatic rings. The highest BCUT2D eigenvalue weighted by Crippen LogP contribution is 2.14. The van der Waals surface area contributed by atoms with Gasteiger partial charge in [0.25, 0.3) is 0 Å². The van der Waals surface area contributed by atoms with Crippen LogP contribution in [0.15, 0.2) is 36.5 Å². The largest absolute Gasteiger partial charge is 0.361 e. The van der Waals surface area contributed by atoms with E-state index in [1.54, 1.807) is 0 Å². The lowest BCUT2D eigenvalue weighted by Crippen LogP contribution is -1.91. The Morgan fingerprint density at radius 3 is 3.08 bits per heavy atom. The fourth-order valence-electron chi connectivity index (χ4n) is 1.38. The van der Waals surface area contributed by atoms with Gasteiger partial charge in [-0.25, -0.2) is 0 Å². The molecule has 2 rings (SSSR count). The second-order valence-electron chi connectivity index (χ2n) is 2.96. The van der Waals surface area contributed by atoms with Gasteiger partial charge in [0, 0.05) is 18.3 Å². The molecule has 2 nitrogen and oxygen atoms in total. The van der Waals surface area contributed by atoms with Gasteiger partial charge < -0.3 is 10.7 Å². The molecule has 0 aliphatic carbocycles. The second-order valence-corrected chi connectivity index (χ2v) is 2.96. The SMILES string of the molecule is NC/C=C/c1ccc2[nH]ccc2c1. The Balaban J connectivity index is 2.42. The summed E-state index contributed by atoms with van der Waals surface area (Å²) in [7, 11) is 0. The van der Waals surface area contributed by atoms with E-state index in [9.17, 15) is 0 Å². The van der Waals surface area contributed by atoms with E-state index in [4.69, 9.17) is 5.73 Å². The Kier molecular flexibility index (Phi) is 2.15. The molecule has 0 aliphatic heterocycles. The minimum Gasteiger partial charge on any atom is -0.361 e. The van der Waals surface area contributed by atoms with Gasteiger partial charge in [-0.3, -0.25) is 0 Å². The smallest absolute Gasteiger partial charge is 0.0454 e. The number of hydrogen-bond acceptors (Lipinski definition) is 1. The highest BCUT2D eigenvalue weighted by molar-refractivity contribution is 5.81. The molecule has 66 valence electrons. The minimum absolute atomic E-state index is 0.588. The fourth-order valence-corrected chi connectivity index (χ4v) is 1.38. The van der Waals surface area contributed by atoms with Gasteiger partial charge in [-0.2, -0.15) is 0 Å². The van der Waals surface area contributed by atoms with Gasteiger partial charge >= 0.3 is 0 Å². The summed E-state index contributed by atoms with van der Waals surface area (Å²) < 4.78 is 0. The summed E-state index contributed by atoms with van der Waals surface area (Å²) in [6, 6.07) is 8.35. The molecular weight excluding hydrogens is 160 g/mol. The van der Waals surface area contributed by atoms with Crippen molar-refractivity contribution in [1.29, 1.82) is 0 Å². The van der Waals surface area contributed by atoms with Gasteiger partial charge in [0.15, 0.2) is 0 Å². The van der Waals surface area contributed by atoms with Crippen LogP contribution in [0, 0.1) is 0 Å². The summed E-state index contributed by atoms with van der Waals surface area (Å²) in [5, 5.41) is 1.24.